The second kappa shape index (κ2) is 6.96. The summed E-state index contributed by atoms with van der Waals surface area (Å²) in [5.41, 5.74) is -0.728. The lowest BCUT2D eigenvalue weighted by Gasteiger charge is -2.10. The fraction of sp³-hybridized carbons (Fsp3) is 0.267. The Morgan fingerprint density at radius 1 is 1.39 bits per heavy atom. The maximum absolute atomic E-state index is 12.6. The summed E-state index contributed by atoms with van der Waals surface area (Å²) in [6.07, 6.45) is -1.10. The molecule has 0 fully saturated rings. The molecule has 0 atom stereocenters. The molecule has 120 valence electrons. The Morgan fingerprint density at radius 3 is 2.87 bits per heavy atom. The van der Waals surface area contributed by atoms with Gasteiger partial charge in [-0.1, -0.05) is 6.07 Å². The van der Waals surface area contributed by atoms with Crippen LogP contribution in [0.25, 0.3) is 0 Å². The molecule has 5 nitrogen and oxygen atoms in total. The maximum Gasteiger partial charge on any atom is 0.416 e. The zero-order valence-corrected chi connectivity index (χ0v) is 12.0. The summed E-state index contributed by atoms with van der Waals surface area (Å²) in [6.45, 7) is 0.293. The van der Waals surface area contributed by atoms with Crippen molar-refractivity contribution in [2.45, 2.75) is 25.6 Å². The predicted octanol–water partition coefficient (Wildman–Crippen LogP) is 3.00. The van der Waals surface area contributed by atoms with E-state index in [9.17, 15) is 18.0 Å². The van der Waals surface area contributed by atoms with Crippen LogP contribution in [0.5, 0.6) is 0 Å². The van der Waals surface area contributed by atoms with Crippen molar-refractivity contribution in [3.8, 4) is 6.07 Å². The van der Waals surface area contributed by atoms with Gasteiger partial charge in [0.05, 0.1) is 18.1 Å². The average Bonchev–Trinajstić information content (AvgIpc) is 2.92. The van der Waals surface area contributed by atoms with Crippen LogP contribution in [0.4, 0.5) is 18.9 Å². The van der Waals surface area contributed by atoms with Crippen molar-refractivity contribution >= 4 is 11.6 Å². The van der Waals surface area contributed by atoms with Gasteiger partial charge in [0, 0.05) is 31.0 Å². The molecule has 0 aliphatic rings. The summed E-state index contributed by atoms with van der Waals surface area (Å²) < 4.78 is 39.5. The third kappa shape index (κ3) is 4.57. The van der Waals surface area contributed by atoms with Gasteiger partial charge in [0.15, 0.2) is 0 Å². The summed E-state index contributed by atoms with van der Waals surface area (Å²) in [4.78, 5) is 15.8. The number of aryl methyl sites for hydroxylation is 1. The molecule has 0 unspecified atom stereocenters. The molecular weight excluding hydrogens is 309 g/mol. The lowest BCUT2D eigenvalue weighted by Crippen LogP contribution is -2.16. The molecule has 2 aromatic rings. The molecule has 0 bridgehead atoms. The number of anilines is 1. The fourth-order valence-electron chi connectivity index (χ4n) is 2.00. The normalized spacial score (nSPS) is 11.0. The van der Waals surface area contributed by atoms with E-state index in [1.807, 2.05) is 6.07 Å². The van der Waals surface area contributed by atoms with E-state index in [-0.39, 0.29) is 18.5 Å². The standard InChI is InChI=1S/C15H13F3N4O/c16-15(17,18)11-2-1-3-12(10-11)21-14(23)5-8-22-9-7-20-13(22)4-6-19/h1-3,7,9-10H,4-5,8H2,(H,21,23). The number of amides is 1. The van der Waals surface area contributed by atoms with E-state index < -0.39 is 17.6 Å². The van der Waals surface area contributed by atoms with Crippen LogP contribution in [-0.4, -0.2) is 15.5 Å². The highest BCUT2D eigenvalue weighted by atomic mass is 19.4. The van der Waals surface area contributed by atoms with Gasteiger partial charge in [-0.25, -0.2) is 4.98 Å². The highest BCUT2D eigenvalue weighted by Gasteiger charge is 2.30. The second-order valence-corrected chi connectivity index (χ2v) is 4.75. The quantitative estimate of drug-likeness (QED) is 0.920. The summed E-state index contributed by atoms with van der Waals surface area (Å²) >= 11 is 0. The maximum atomic E-state index is 12.6. The van der Waals surface area contributed by atoms with Gasteiger partial charge in [0.25, 0.3) is 0 Å². The molecule has 0 saturated carbocycles. The van der Waals surface area contributed by atoms with Crippen molar-refractivity contribution in [1.82, 2.24) is 9.55 Å². The molecule has 0 aliphatic heterocycles. The number of imidazole rings is 1. The Morgan fingerprint density at radius 2 is 2.17 bits per heavy atom. The lowest BCUT2D eigenvalue weighted by atomic mass is 10.2. The average molecular weight is 322 g/mol. The number of hydrogen-bond acceptors (Lipinski definition) is 3. The zero-order chi connectivity index (χ0) is 16.9. The van der Waals surface area contributed by atoms with E-state index in [0.29, 0.717) is 12.4 Å². The SMILES string of the molecule is N#CCc1nccn1CCC(=O)Nc1cccc(C(F)(F)F)c1. The van der Waals surface area contributed by atoms with Crippen molar-refractivity contribution in [3.63, 3.8) is 0 Å². The van der Waals surface area contributed by atoms with Crippen molar-refractivity contribution < 1.29 is 18.0 Å². The Bertz CT molecular complexity index is 731. The third-order valence-corrected chi connectivity index (χ3v) is 3.09. The molecule has 1 aromatic carbocycles. The minimum Gasteiger partial charge on any atom is -0.334 e. The number of halogens is 3. The molecule has 1 heterocycles. The summed E-state index contributed by atoms with van der Waals surface area (Å²) in [7, 11) is 0. The van der Waals surface area contributed by atoms with E-state index in [1.54, 1.807) is 10.8 Å². The molecule has 23 heavy (non-hydrogen) atoms. The van der Waals surface area contributed by atoms with Gasteiger partial charge in [0.1, 0.15) is 5.82 Å². The minimum atomic E-state index is -4.45. The van der Waals surface area contributed by atoms with Crippen molar-refractivity contribution in [1.29, 1.82) is 5.26 Å². The van der Waals surface area contributed by atoms with Crippen LogP contribution < -0.4 is 5.32 Å². The van der Waals surface area contributed by atoms with Crippen LogP contribution in [0.3, 0.4) is 0 Å². The number of nitriles is 1. The van der Waals surface area contributed by atoms with Gasteiger partial charge in [0.2, 0.25) is 5.91 Å². The van der Waals surface area contributed by atoms with Gasteiger partial charge >= 0.3 is 6.18 Å². The summed E-state index contributed by atoms with van der Waals surface area (Å²) in [5.74, 6) is 0.125. The third-order valence-electron chi connectivity index (χ3n) is 3.09. The second-order valence-electron chi connectivity index (χ2n) is 4.75. The van der Waals surface area contributed by atoms with Crippen LogP contribution in [0.2, 0.25) is 0 Å². The minimum absolute atomic E-state index is 0.0605. The lowest BCUT2D eigenvalue weighted by molar-refractivity contribution is -0.137. The number of carbonyl (C=O) groups excluding carboxylic acids is 1. The molecule has 0 radical (unpaired) electrons. The highest BCUT2D eigenvalue weighted by molar-refractivity contribution is 5.90. The molecule has 8 heteroatoms. The fourth-order valence-corrected chi connectivity index (χ4v) is 2.00. The smallest absolute Gasteiger partial charge is 0.334 e. The van der Waals surface area contributed by atoms with E-state index in [0.717, 1.165) is 12.1 Å². The number of nitrogens with zero attached hydrogens (tertiary/aromatic N) is 3. The first-order valence-electron chi connectivity index (χ1n) is 6.74. The Balaban J connectivity index is 1.95. The predicted molar refractivity (Wildman–Crippen MR) is 76.2 cm³/mol. The molecule has 1 aromatic heterocycles. The van der Waals surface area contributed by atoms with E-state index >= 15 is 0 Å². The van der Waals surface area contributed by atoms with Crippen molar-refractivity contribution in [2.24, 2.45) is 0 Å². The molecule has 2 rings (SSSR count). The van der Waals surface area contributed by atoms with Crippen molar-refractivity contribution in [3.05, 3.63) is 48.0 Å². The summed E-state index contributed by atoms with van der Waals surface area (Å²) in [6, 6.07) is 6.42. The van der Waals surface area contributed by atoms with Gasteiger partial charge in [-0.2, -0.15) is 18.4 Å². The molecule has 1 N–H and O–H groups in total. The molecule has 0 aliphatic carbocycles. The van der Waals surface area contributed by atoms with Crippen LogP contribution in [0, 0.1) is 11.3 Å². The van der Waals surface area contributed by atoms with E-state index in [2.05, 4.69) is 10.3 Å². The van der Waals surface area contributed by atoms with Crippen LogP contribution in [0.15, 0.2) is 36.7 Å². The first-order valence-corrected chi connectivity index (χ1v) is 6.74. The topological polar surface area (TPSA) is 70.7 Å². The Labute approximate surface area is 130 Å². The summed E-state index contributed by atoms with van der Waals surface area (Å²) in [5, 5.41) is 11.1. The van der Waals surface area contributed by atoms with E-state index in [1.165, 1.54) is 18.3 Å². The van der Waals surface area contributed by atoms with Gasteiger partial charge < -0.3 is 9.88 Å². The van der Waals surface area contributed by atoms with E-state index in [4.69, 9.17) is 5.26 Å². The van der Waals surface area contributed by atoms with Crippen LogP contribution in [0.1, 0.15) is 17.8 Å². The Kier molecular flexibility index (Phi) is 5.01. The highest BCUT2D eigenvalue weighted by Crippen LogP contribution is 2.30. The molecular formula is C15H13F3N4O. The van der Waals surface area contributed by atoms with Crippen LogP contribution >= 0.6 is 0 Å². The number of aromatic nitrogens is 2. The Hall–Kier alpha value is -2.82. The molecule has 0 spiro atoms. The number of rotatable bonds is 5. The number of hydrogen-bond donors (Lipinski definition) is 1. The van der Waals surface area contributed by atoms with Gasteiger partial charge in [-0.3, -0.25) is 4.79 Å². The number of benzene rings is 1. The molecule has 1 amide bonds. The van der Waals surface area contributed by atoms with Crippen LogP contribution in [-0.2, 0) is 23.9 Å². The molecule has 0 saturated heterocycles. The number of alkyl halides is 3. The van der Waals surface area contributed by atoms with Gasteiger partial charge in [-0.15, -0.1) is 0 Å². The largest absolute Gasteiger partial charge is 0.416 e. The zero-order valence-electron chi connectivity index (χ0n) is 12.0. The monoisotopic (exact) mass is 322 g/mol. The number of nitrogens with one attached hydrogen (secondary N) is 1. The first kappa shape index (κ1) is 16.5. The number of carbonyl (C=O) groups is 1. The van der Waals surface area contributed by atoms with Gasteiger partial charge in [-0.05, 0) is 18.2 Å². The van der Waals surface area contributed by atoms with Crippen molar-refractivity contribution in [2.75, 3.05) is 5.32 Å². The first-order chi connectivity index (χ1) is 10.9.